The number of thioether (sulfide) groups is 1. The minimum Gasteiger partial charge on any atom is -0.328 e. The first kappa shape index (κ1) is 13.4. The predicted molar refractivity (Wildman–Crippen MR) is 79.6 cm³/mol. The molecular formula is C14H20BrNS. The maximum absolute atomic E-state index is 5.93. The van der Waals surface area contributed by atoms with Gasteiger partial charge < -0.3 is 5.73 Å². The van der Waals surface area contributed by atoms with Crippen LogP contribution in [-0.4, -0.2) is 11.3 Å². The van der Waals surface area contributed by atoms with Crippen LogP contribution < -0.4 is 5.73 Å². The van der Waals surface area contributed by atoms with E-state index in [1.54, 1.807) is 0 Å². The van der Waals surface area contributed by atoms with Gasteiger partial charge in [0.05, 0.1) is 0 Å². The van der Waals surface area contributed by atoms with Crippen LogP contribution >= 0.6 is 27.7 Å². The van der Waals surface area contributed by atoms with Gasteiger partial charge in [-0.1, -0.05) is 28.8 Å². The highest BCUT2D eigenvalue weighted by atomic mass is 79.9. The Labute approximate surface area is 117 Å². The zero-order chi connectivity index (χ0) is 12.3. The molecule has 0 aromatic heterocycles. The molecule has 0 aliphatic heterocycles. The molecule has 0 amide bonds. The highest BCUT2D eigenvalue weighted by molar-refractivity contribution is 9.10. The number of rotatable bonds is 4. The summed E-state index contributed by atoms with van der Waals surface area (Å²) < 4.78 is 1.16. The minimum atomic E-state index is 0.229. The Morgan fingerprint density at radius 3 is 2.76 bits per heavy atom. The SMILES string of the molecule is CC(N)Cc1cc(Br)ccc1SC1CCCC1. The lowest BCUT2D eigenvalue weighted by Crippen LogP contribution is -2.18. The molecule has 1 unspecified atom stereocenters. The number of hydrogen-bond donors (Lipinski definition) is 1. The summed E-state index contributed by atoms with van der Waals surface area (Å²) in [7, 11) is 0. The Balaban J connectivity index is 2.13. The van der Waals surface area contributed by atoms with Crippen LogP contribution in [0.15, 0.2) is 27.6 Å². The molecule has 94 valence electrons. The van der Waals surface area contributed by atoms with E-state index < -0.39 is 0 Å². The van der Waals surface area contributed by atoms with Crippen LogP contribution in [-0.2, 0) is 6.42 Å². The van der Waals surface area contributed by atoms with Crippen LogP contribution in [0.5, 0.6) is 0 Å². The first-order valence-corrected chi connectivity index (χ1v) is 8.03. The number of hydrogen-bond acceptors (Lipinski definition) is 2. The molecule has 1 aliphatic carbocycles. The van der Waals surface area contributed by atoms with E-state index in [1.165, 1.54) is 36.1 Å². The van der Waals surface area contributed by atoms with Gasteiger partial charge in [0.2, 0.25) is 0 Å². The fourth-order valence-corrected chi connectivity index (χ4v) is 4.13. The summed E-state index contributed by atoms with van der Waals surface area (Å²) in [5.74, 6) is 0. The van der Waals surface area contributed by atoms with Gasteiger partial charge in [0.15, 0.2) is 0 Å². The third-order valence-electron chi connectivity index (χ3n) is 3.16. The van der Waals surface area contributed by atoms with Crippen molar-refractivity contribution >= 4 is 27.7 Å². The summed E-state index contributed by atoms with van der Waals surface area (Å²) >= 11 is 5.60. The molecule has 0 heterocycles. The topological polar surface area (TPSA) is 26.0 Å². The van der Waals surface area contributed by atoms with Crippen molar-refractivity contribution < 1.29 is 0 Å². The van der Waals surface area contributed by atoms with Crippen molar-refractivity contribution in [2.75, 3.05) is 0 Å². The van der Waals surface area contributed by atoms with Gasteiger partial charge in [-0.3, -0.25) is 0 Å². The molecule has 0 radical (unpaired) electrons. The zero-order valence-electron chi connectivity index (χ0n) is 10.3. The van der Waals surface area contributed by atoms with E-state index in [2.05, 4.69) is 52.8 Å². The minimum absolute atomic E-state index is 0.229. The van der Waals surface area contributed by atoms with Crippen LogP contribution in [0.25, 0.3) is 0 Å². The molecule has 1 aromatic carbocycles. The quantitative estimate of drug-likeness (QED) is 0.893. The van der Waals surface area contributed by atoms with Crippen molar-refractivity contribution in [1.29, 1.82) is 0 Å². The number of benzene rings is 1. The maximum Gasteiger partial charge on any atom is 0.0178 e. The molecule has 0 saturated heterocycles. The summed E-state index contributed by atoms with van der Waals surface area (Å²) in [6.07, 6.45) is 6.51. The van der Waals surface area contributed by atoms with E-state index >= 15 is 0 Å². The van der Waals surface area contributed by atoms with Crippen molar-refractivity contribution in [1.82, 2.24) is 0 Å². The highest BCUT2D eigenvalue weighted by Gasteiger charge is 2.18. The smallest absolute Gasteiger partial charge is 0.0178 e. The molecule has 1 fully saturated rings. The summed E-state index contributed by atoms with van der Waals surface area (Å²) in [4.78, 5) is 1.43. The van der Waals surface area contributed by atoms with Gasteiger partial charge in [-0.25, -0.2) is 0 Å². The lowest BCUT2D eigenvalue weighted by atomic mass is 10.1. The van der Waals surface area contributed by atoms with E-state index in [9.17, 15) is 0 Å². The van der Waals surface area contributed by atoms with Crippen LogP contribution in [0.1, 0.15) is 38.2 Å². The molecule has 0 spiro atoms. The number of nitrogens with two attached hydrogens (primary N) is 1. The molecule has 17 heavy (non-hydrogen) atoms. The van der Waals surface area contributed by atoms with Crippen molar-refractivity contribution in [3.8, 4) is 0 Å². The molecule has 1 saturated carbocycles. The van der Waals surface area contributed by atoms with Gasteiger partial charge in [-0.2, -0.15) is 0 Å². The van der Waals surface area contributed by atoms with Crippen LogP contribution in [0.3, 0.4) is 0 Å². The van der Waals surface area contributed by atoms with Crippen molar-refractivity contribution in [3.63, 3.8) is 0 Å². The Morgan fingerprint density at radius 2 is 2.12 bits per heavy atom. The molecule has 0 bridgehead atoms. The molecule has 1 atom stereocenters. The Bertz CT molecular complexity index is 372. The molecule has 2 N–H and O–H groups in total. The summed E-state index contributed by atoms with van der Waals surface area (Å²) in [5, 5.41) is 0.822. The van der Waals surface area contributed by atoms with Crippen molar-refractivity contribution in [3.05, 3.63) is 28.2 Å². The predicted octanol–water partition coefficient (Wildman–Crippen LogP) is 4.37. The summed E-state index contributed by atoms with van der Waals surface area (Å²) in [5.41, 5.74) is 7.32. The fraction of sp³-hybridized carbons (Fsp3) is 0.571. The normalized spacial score (nSPS) is 18.5. The third-order valence-corrected chi connectivity index (χ3v) is 5.11. The van der Waals surface area contributed by atoms with Crippen molar-refractivity contribution in [2.24, 2.45) is 5.73 Å². The Morgan fingerprint density at radius 1 is 1.41 bits per heavy atom. The summed E-state index contributed by atoms with van der Waals surface area (Å²) in [6.45, 7) is 2.07. The average Bonchev–Trinajstić information content (AvgIpc) is 2.74. The molecule has 1 aromatic rings. The largest absolute Gasteiger partial charge is 0.328 e. The number of halogens is 1. The van der Waals surface area contributed by atoms with Crippen LogP contribution in [0.4, 0.5) is 0 Å². The second kappa shape index (κ2) is 6.26. The van der Waals surface area contributed by atoms with Crippen LogP contribution in [0, 0.1) is 0 Å². The fourth-order valence-electron chi connectivity index (χ4n) is 2.36. The van der Waals surface area contributed by atoms with Crippen LogP contribution in [0.2, 0.25) is 0 Å². The second-order valence-electron chi connectivity index (χ2n) is 4.96. The standard InChI is InChI=1S/C14H20BrNS/c1-10(16)8-11-9-12(15)6-7-14(11)17-13-4-2-3-5-13/h6-7,9-10,13H,2-5,8,16H2,1H3. The second-order valence-corrected chi connectivity index (χ2v) is 7.22. The van der Waals surface area contributed by atoms with Gasteiger partial charge in [-0.15, -0.1) is 11.8 Å². The monoisotopic (exact) mass is 313 g/mol. The van der Waals surface area contributed by atoms with E-state index in [0.29, 0.717) is 0 Å². The van der Waals surface area contributed by atoms with E-state index in [0.717, 1.165) is 16.1 Å². The third kappa shape index (κ3) is 4.01. The van der Waals surface area contributed by atoms with Gasteiger partial charge in [0.25, 0.3) is 0 Å². The zero-order valence-corrected chi connectivity index (χ0v) is 12.7. The molecule has 3 heteroatoms. The first-order chi connectivity index (χ1) is 8.15. The van der Waals surface area contributed by atoms with Gasteiger partial charge in [0, 0.05) is 20.7 Å². The Hall–Kier alpha value is 0.01000. The Kier molecular flexibility index (Phi) is 4.95. The molecule has 2 rings (SSSR count). The maximum atomic E-state index is 5.93. The van der Waals surface area contributed by atoms with Crippen molar-refractivity contribution in [2.45, 2.75) is 55.2 Å². The van der Waals surface area contributed by atoms with E-state index in [1.807, 2.05) is 0 Å². The van der Waals surface area contributed by atoms with E-state index in [-0.39, 0.29) is 6.04 Å². The van der Waals surface area contributed by atoms with Gasteiger partial charge in [-0.05, 0) is 49.9 Å². The van der Waals surface area contributed by atoms with Gasteiger partial charge >= 0.3 is 0 Å². The average molecular weight is 314 g/mol. The summed E-state index contributed by atoms with van der Waals surface area (Å²) in [6, 6.07) is 6.83. The van der Waals surface area contributed by atoms with Gasteiger partial charge in [0.1, 0.15) is 0 Å². The lowest BCUT2D eigenvalue weighted by Gasteiger charge is -2.15. The first-order valence-electron chi connectivity index (χ1n) is 6.36. The highest BCUT2D eigenvalue weighted by Crippen LogP contribution is 2.37. The lowest BCUT2D eigenvalue weighted by molar-refractivity contribution is 0.728. The molecular weight excluding hydrogens is 294 g/mol. The van der Waals surface area contributed by atoms with E-state index in [4.69, 9.17) is 5.73 Å². The molecule has 1 aliphatic rings. The molecule has 1 nitrogen and oxygen atoms in total.